The number of carbonyl (C=O) groups is 3. The van der Waals surface area contributed by atoms with Gasteiger partial charge in [0.25, 0.3) is 5.78 Å². The molecule has 0 aromatic carbocycles. The van der Waals surface area contributed by atoms with Gasteiger partial charge in [-0.3, -0.25) is 9.59 Å². The Hall–Kier alpha value is -1.95. The van der Waals surface area contributed by atoms with Gasteiger partial charge in [0, 0.05) is 0 Å². The third-order valence-electron chi connectivity index (χ3n) is 2.97. The molecule has 1 aliphatic carbocycles. The van der Waals surface area contributed by atoms with Gasteiger partial charge < -0.3 is 15.2 Å². The first kappa shape index (κ1) is 12.5. The molecule has 96 valence electrons. The molecule has 18 heavy (non-hydrogen) atoms. The van der Waals surface area contributed by atoms with Crippen LogP contribution in [0, 0.1) is 5.92 Å². The molecule has 0 aromatic heterocycles. The van der Waals surface area contributed by atoms with E-state index < -0.39 is 23.8 Å². The number of allylic oxidation sites excluding steroid dienone is 3. The van der Waals surface area contributed by atoms with Crippen molar-refractivity contribution in [2.45, 2.75) is 18.9 Å². The number of hydrogen-bond acceptors (Lipinski definition) is 6. The van der Waals surface area contributed by atoms with E-state index in [9.17, 15) is 14.4 Å². The number of fused-ring (bicyclic) bond motifs is 1. The van der Waals surface area contributed by atoms with Crippen LogP contribution >= 0.6 is 0 Å². The largest absolute Gasteiger partial charge is 0.468 e. The second-order valence-corrected chi connectivity index (χ2v) is 4.23. The van der Waals surface area contributed by atoms with Crippen molar-refractivity contribution in [2.24, 2.45) is 11.7 Å². The molecule has 2 rings (SSSR count). The van der Waals surface area contributed by atoms with Crippen molar-refractivity contribution < 1.29 is 23.9 Å². The van der Waals surface area contributed by atoms with Crippen molar-refractivity contribution in [3.63, 3.8) is 0 Å². The highest BCUT2D eigenvalue weighted by Crippen LogP contribution is 2.31. The maximum absolute atomic E-state index is 11.5. The Labute approximate surface area is 103 Å². The minimum atomic E-state index is -0.856. The van der Waals surface area contributed by atoms with E-state index in [0.717, 1.165) is 0 Å². The number of methoxy groups -OCH3 is 1. The van der Waals surface area contributed by atoms with Gasteiger partial charge in [0.05, 0.1) is 12.7 Å². The third kappa shape index (κ3) is 2.19. The van der Waals surface area contributed by atoms with Crippen molar-refractivity contribution >= 4 is 17.7 Å². The SMILES string of the molecule is COC(=O)[C@@H](N)CC1C=C2C(=O)C(=O)OC2=CC1. The van der Waals surface area contributed by atoms with Crippen LogP contribution in [0.5, 0.6) is 0 Å². The molecular formula is C12H13NO5. The monoisotopic (exact) mass is 251 g/mol. The quantitative estimate of drug-likeness (QED) is 0.552. The summed E-state index contributed by atoms with van der Waals surface area (Å²) >= 11 is 0. The van der Waals surface area contributed by atoms with Crippen LogP contribution in [0.3, 0.4) is 0 Å². The Morgan fingerprint density at radius 2 is 2.33 bits per heavy atom. The summed E-state index contributed by atoms with van der Waals surface area (Å²) in [5, 5.41) is 0. The standard InChI is InChI=1S/C12H13NO5/c1-17-11(15)8(13)5-6-2-3-9-7(4-6)10(14)12(16)18-9/h3-4,6,8H,2,5,13H2,1H3/t6?,8-/m0/s1. The van der Waals surface area contributed by atoms with E-state index in [4.69, 9.17) is 10.5 Å². The van der Waals surface area contributed by atoms with E-state index >= 15 is 0 Å². The zero-order valence-electron chi connectivity index (χ0n) is 9.84. The van der Waals surface area contributed by atoms with E-state index in [1.807, 2.05) is 0 Å². The summed E-state index contributed by atoms with van der Waals surface area (Å²) in [4.78, 5) is 33.7. The van der Waals surface area contributed by atoms with Gasteiger partial charge in [0.15, 0.2) is 0 Å². The van der Waals surface area contributed by atoms with E-state index in [2.05, 4.69) is 4.74 Å². The van der Waals surface area contributed by atoms with Crippen molar-refractivity contribution in [2.75, 3.05) is 7.11 Å². The Morgan fingerprint density at radius 3 is 3.00 bits per heavy atom. The number of hydrogen-bond donors (Lipinski definition) is 1. The average molecular weight is 251 g/mol. The number of rotatable bonds is 3. The fourth-order valence-corrected chi connectivity index (χ4v) is 2.03. The zero-order valence-corrected chi connectivity index (χ0v) is 9.84. The summed E-state index contributed by atoms with van der Waals surface area (Å²) in [6.07, 6.45) is 4.25. The summed E-state index contributed by atoms with van der Waals surface area (Å²) in [5.41, 5.74) is 5.92. The van der Waals surface area contributed by atoms with Crippen molar-refractivity contribution in [1.29, 1.82) is 0 Å². The van der Waals surface area contributed by atoms with Gasteiger partial charge in [0.2, 0.25) is 0 Å². The topological polar surface area (TPSA) is 95.7 Å². The molecule has 0 spiro atoms. The molecule has 6 heteroatoms. The first-order valence-corrected chi connectivity index (χ1v) is 5.55. The second kappa shape index (κ2) is 4.73. The lowest BCUT2D eigenvalue weighted by Gasteiger charge is -2.18. The van der Waals surface area contributed by atoms with Crippen LogP contribution in [-0.2, 0) is 23.9 Å². The third-order valence-corrected chi connectivity index (χ3v) is 2.97. The number of Topliss-reactive ketones (excluding diaryl/α,β-unsaturated/α-hetero) is 1. The van der Waals surface area contributed by atoms with Gasteiger partial charge in [-0.25, -0.2) is 4.79 Å². The van der Waals surface area contributed by atoms with Gasteiger partial charge >= 0.3 is 11.9 Å². The van der Waals surface area contributed by atoms with E-state index in [0.29, 0.717) is 18.6 Å². The van der Waals surface area contributed by atoms with E-state index in [1.54, 1.807) is 12.2 Å². The Bertz CT molecular complexity index is 477. The van der Waals surface area contributed by atoms with Crippen LogP contribution in [0.2, 0.25) is 0 Å². The van der Waals surface area contributed by atoms with Gasteiger partial charge in [-0.2, -0.15) is 0 Å². The molecule has 2 aliphatic rings. The van der Waals surface area contributed by atoms with Crippen molar-refractivity contribution in [3.05, 3.63) is 23.5 Å². The maximum Gasteiger partial charge on any atom is 0.385 e. The molecule has 1 unspecified atom stereocenters. The van der Waals surface area contributed by atoms with Crippen LogP contribution in [0.15, 0.2) is 23.5 Å². The predicted molar refractivity (Wildman–Crippen MR) is 60.0 cm³/mol. The molecule has 1 fully saturated rings. The second-order valence-electron chi connectivity index (χ2n) is 4.23. The first-order chi connectivity index (χ1) is 8.52. The zero-order chi connectivity index (χ0) is 13.3. The van der Waals surface area contributed by atoms with Crippen LogP contribution in [0.25, 0.3) is 0 Å². The smallest absolute Gasteiger partial charge is 0.385 e. The minimum absolute atomic E-state index is 0.0729. The molecule has 0 saturated carbocycles. The predicted octanol–water partition coefficient (Wildman–Crippen LogP) is -0.167. The summed E-state index contributed by atoms with van der Waals surface area (Å²) in [6, 6.07) is -0.736. The summed E-state index contributed by atoms with van der Waals surface area (Å²) in [7, 11) is 1.27. The van der Waals surface area contributed by atoms with Crippen molar-refractivity contribution in [1.82, 2.24) is 0 Å². The average Bonchev–Trinajstić information content (AvgIpc) is 2.64. The maximum atomic E-state index is 11.5. The molecule has 1 aliphatic heterocycles. The summed E-state index contributed by atoms with van der Waals surface area (Å²) in [6.45, 7) is 0. The van der Waals surface area contributed by atoms with Crippen LogP contribution in [0.1, 0.15) is 12.8 Å². The molecule has 0 aromatic rings. The van der Waals surface area contributed by atoms with Gasteiger partial charge in [-0.15, -0.1) is 0 Å². The van der Waals surface area contributed by atoms with Crippen LogP contribution in [0.4, 0.5) is 0 Å². The molecule has 0 amide bonds. The van der Waals surface area contributed by atoms with Crippen LogP contribution < -0.4 is 5.73 Å². The first-order valence-electron chi connectivity index (χ1n) is 5.55. The minimum Gasteiger partial charge on any atom is -0.468 e. The molecule has 2 N–H and O–H groups in total. The molecule has 1 saturated heterocycles. The number of carbonyl (C=O) groups excluding carboxylic acids is 3. The lowest BCUT2D eigenvalue weighted by Crippen LogP contribution is -2.33. The number of ketones is 1. The lowest BCUT2D eigenvalue weighted by atomic mass is 9.89. The summed E-state index contributed by atoms with van der Waals surface area (Å²) < 4.78 is 9.31. The normalized spacial score (nSPS) is 23.8. The fraction of sp³-hybridized carbons (Fsp3) is 0.417. The summed E-state index contributed by atoms with van der Waals surface area (Å²) in [5.74, 6) is -1.75. The highest BCUT2D eigenvalue weighted by atomic mass is 16.6. The van der Waals surface area contributed by atoms with Gasteiger partial charge in [0.1, 0.15) is 11.8 Å². The number of esters is 2. The number of ether oxygens (including phenoxy) is 2. The van der Waals surface area contributed by atoms with Crippen molar-refractivity contribution in [3.8, 4) is 0 Å². The van der Waals surface area contributed by atoms with Gasteiger partial charge in [-0.1, -0.05) is 6.08 Å². The number of nitrogens with two attached hydrogens (primary N) is 1. The van der Waals surface area contributed by atoms with E-state index in [-0.39, 0.29) is 11.5 Å². The molecular weight excluding hydrogens is 238 g/mol. The molecule has 2 atom stereocenters. The van der Waals surface area contributed by atoms with E-state index in [1.165, 1.54) is 7.11 Å². The van der Waals surface area contributed by atoms with Crippen LogP contribution in [-0.4, -0.2) is 30.9 Å². The Balaban J connectivity index is 2.07. The molecule has 6 nitrogen and oxygen atoms in total. The molecule has 0 radical (unpaired) electrons. The van der Waals surface area contributed by atoms with Gasteiger partial charge in [-0.05, 0) is 24.8 Å². The Morgan fingerprint density at radius 1 is 1.61 bits per heavy atom. The molecule has 1 heterocycles. The highest BCUT2D eigenvalue weighted by molar-refractivity contribution is 6.44. The Kier molecular flexibility index (Phi) is 3.29. The highest BCUT2D eigenvalue weighted by Gasteiger charge is 2.36. The lowest BCUT2D eigenvalue weighted by molar-refractivity contribution is -0.145. The molecule has 0 bridgehead atoms. The fourth-order valence-electron chi connectivity index (χ4n) is 2.03.